The van der Waals surface area contributed by atoms with Gasteiger partial charge in [0.25, 0.3) is 0 Å². The molecule has 16 heavy (non-hydrogen) atoms. The minimum atomic E-state index is 0.218. The largest absolute Gasteiger partial charge is 0.388 e. The van der Waals surface area contributed by atoms with Gasteiger partial charge in [0.1, 0.15) is 12.1 Å². The third-order valence-electron chi connectivity index (χ3n) is 2.53. The van der Waals surface area contributed by atoms with Gasteiger partial charge >= 0.3 is 0 Å². The van der Waals surface area contributed by atoms with Crippen LogP contribution in [-0.2, 0) is 0 Å². The summed E-state index contributed by atoms with van der Waals surface area (Å²) in [5.41, 5.74) is 5.39. The standard InChI is InChI=1S/C10H14BrN5/c11-8-5-14-6-15-10(8)16(7-1-2-7)4-3-9(12)13/h5-7H,1-4H2,(H3,12,13). The predicted octanol–water partition coefficient (Wildman–Crippen LogP) is 1.53. The van der Waals surface area contributed by atoms with Crippen molar-refractivity contribution < 1.29 is 0 Å². The number of anilines is 1. The molecule has 0 bridgehead atoms. The van der Waals surface area contributed by atoms with Gasteiger partial charge in [-0.2, -0.15) is 0 Å². The molecule has 1 aliphatic carbocycles. The van der Waals surface area contributed by atoms with E-state index < -0.39 is 0 Å². The third-order valence-corrected chi connectivity index (χ3v) is 3.09. The first-order valence-corrected chi connectivity index (χ1v) is 6.03. The van der Waals surface area contributed by atoms with Gasteiger partial charge in [0.15, 0.2) is 0 Å². The number of aromatic nitrogens is 2. The molecule has 1 fully saturated rings. The molecule has 1 heterocycles. The van der Waals surface area contributed by atoms with Gasteiger partial charge in [0, 0.05) is 25.2 Å². The maximum absolute atomic E-state index is 7.27. The molecule has 1 aromatic rings. The van der Waals surface area contributed by atoms with Crippen LogP contribution in [-0.4, -0.2) is 28.4 Å². The average Bonchev–Trinajstić information content (AvgIpc) is 3.04. The summed E-state index contributed by atoms with van der Waals surface area (Å²) < 4.78 is 0.894. The molecule has 0 atom stereocenters. The molecule has 1 aromatic heterocycles. The van der Waals surface area contributed by atoms with Gasteiger partial charge in [0.05, 0.1) is 10.3 Å². The second-order valence-corrected chi connectivity index (χ2v) is 4.75. The van der Waals surface area contributed by atoms with Gasteiger partial charge < -0.3 is 10.6 Å². The van der Waals surface area contributed by atoms with Crippen molar-refractivity contribution in [2.75, 3.05) is 11.4 Å². The van der Waals surface area contributed by atoms with Crippen LogP contribution >= 0.6 is 15.9 Å². The van der Waals surface area contributed by atoms with Crippen LogP contribution in [0.2, 0.25) is 0 Å². The van der Waals surface area contributed by atoms with Crippen molar-refractivity contribution in [1.82, 2.24) is 9.97 Å². The molecule has 0 spiro atoms. The number of halogens is 1. The Hall–Kier alpha value is -1.17. The van der Waals surface area contributed by atoms with E-state index in [1.807, 2.05) is 0 Å². The second kappa shape index (κ2) is 4.78. The Labute approximate surface area is 103 Å². The summed E-state index contributed by atoms with van der Waals surface area (Å²) in [6, 6.07) is 0.547. The molecule has 0 unspecified atom stereocenters. The molecule has 0 saturated heterocycles. The maximum atomic E-state index is 7.27. The van der Waals surface area contributed by atoms with Crippen molar-refractivity contribution in [3.8, 4) is 0 Å². The summed E-state index contributed by atoms with van der Waals surface area (Å²) in [7, 11) is 0. The summed E-state index contributed by atoms with van der Waals surface area (Å²) in [4.78, 5) is 10.4. The number of nitrogens with one attached hydrogen (secondary N) is 1. The van der Waals surface area contributed by atoms with E-state index in [9.17, 15) is 0 Å². The Balaban J connectivity index is 2.12. The second-order valence-electron chi connectivity index (χ2n) is 3.89. The number of rotatable bonds is 5. The summed E-state index contributed by atoms with van der Waals surface area (Å²) in [5, 5.41) is 7.27. The lowest BCUT2D eigenvalue weighted by molar-refractivity contribution is 0.776. The SMILES string of the molecule is N=C(N)CCN(c1ncncc1Br)C1CC1. The van der Waals surface area contributed by atoms with Crippen molar-refractivity contribution in [2.45, 2.75) is 25.3 Å². The topological polar surface area (TPSA) is 78.9 Å². The molecule has 0 amide bonds. The maximum Gasteiger partial charge on any atom is 0.146 e. The van der Waals surface area contributed by atoms with Crippen LogP contribution in [0.5, 0.6) is 0 Å². The minimum Gasteiger partial charge on any atom is -0.388 e. The zero-order valence-electron chi connectivity index (χ0n) is 8.86. The van der Waals surface area contributed by atoms with Gasteiger partial charge in [0.2, 0.25) is 0 Å². The third kappa shape index (κ3) is 2.69. The van der Waals surface area contributed by atoms with Gasteiger partial charge in [-0.05, 0) is 28.8 Å². The van der Waals surface area contributed by atoms with Gasteiger partial charge in [-0.3, -0.25) is 5.41 Å². The van der Waals surface area contributed by atoms with Crippen molar-refractivity contribution >= 4 is 27.6 Å². The summed E-state index contributed by atoms with van der Waals surface area (Å²) in [5.74, 6) is 1.12. The van der Waals surface area contributed by atoms with E-state index in [-0.39, 0.29) is 5.84 Å². The Bertz CT molecular complexity index is 391. The van der Waals surface area contributed by atoms with Crippen LogP contribution < -0.4 is 10.6 Å². The molecule has 0 radical (unpaired) electrons. The van der Waals surface area contributed by atoms with E-state index in [2.05, 4.69) is 30.8 Å². The van der Waals surface area contributed by atoms with E-state index in [1.165, 1.54) is 12.8 Å². The highest BCUT2D eigenvalue weighted by molar-refractivity contribution is 9.10. The van der Waals surface area contributed by atoms with Crippen LogP contribution in [0.3, 0.4) is 0 Å². The van der Waals surface area contributed by atoms with Crippen LogP contribution in [0.25, 0.3) is 0 Å². The molecule has 6 heteroatoms. The fraction of sp³-hybridized carbons (Fsp3) is 0.500. The number of hydrogen-bond acceptors (Lipinski definition) is 4. The highest BCUT2D eigenvalue weighted by atomic mass is 79.9. The molecular weight excluding hydrogens is 270 g/mol. The Morgan fingerprint density at radius 1 is 1.62 bits per heavy atom. The minimum absolute atomic E-state index is 0.218. The molecular formula is C10H14BrN5. The van der Waals surface area contributed by atoms with Crippen molar-refractivity contribution in [3.63, 3.8) is 0 Å². The summed E-state index contributed by atoms with van der Waals surface area (Å²) in [6.45, 7) is 0.746. The monoisotopic (exact) mass is 283 g/mol. The van der Waals surface area contributed by atoms with Crippen LogP contribution in [0, 0.1) is 5.41 Å². The van der Waals surface area contributed by atoms with Crippen molar-refractivity contribution in [1.29, 1.82) is 5.41 Å². The average molecular weight is 284 g/mol. The highest BCUT2D eigenvalue weighted by Crippen LogP contribution is 2.33. The first-order chi connectivity index (χ1) is 7.68. The Morgan fingerprint density at radius 3 is 2.94 bits per heavy atom. The molecule has 1 aliphatic rings. The van der Waals surface area contributed by atoms with Crippen molar-refractivity contribution in [3.05, 3.63) is 17.0 Å². The molecule has 5 nitrogen and oxygen atoms in total. The number of amidine groups is 1. The molecule has 86 valence electrons. The van der Waals surface area contributed by atoms with Crippen molar-refractivity contribution in [2.24, 2.45) is 5.73 Å². The zero-order valence-corrected chi connectivity index (χ0v) is 10.4. The fourth-order valence-electron chi connectivity index (χ4n) is 1.61. The molecule has 0 aromatic carbocycles. The van der Waals surface area contributed by atoms with E-state index in [1.54, 1.807) is 12.5 Å². The van der Waals surface area contributed by atoms with E-state index >= 15 is 0 Å². The first kappa shape index (κ1) is 11.3. The Morgan fingerprint density at radius 2 is 2.38 bits per heavy atom. The highest BCUT2D eigenvalue weighted by Gasteiger charge is 2.30. The Kier molecular flexibility index (Phi) is 3.38. The zero-order chi connectivity index (χ0) is 11.5. The van der Waals surface area contributed by atoms with Gasteiger partial charge in [-0.25, -0.2) is 9.97 Å². The quantitative estimate of drug-likeness (QED) is 0.635. The lowest BCUT2D eigenvalue weighted by Gasteiger charge is -2.23. The van der Waals surface area contributed by atoms with Crippen LogP contribution in [0.4, 0.5) is 5.82 Å². The van der Waals surface area contributed by atoms with Gasteiger partial charge in [-0.15, -0.1) is 0 Å². The lowest BCUT2D eigenvalue weighted by atomic mass is 10.3. The lowest BCUT2D eigenvalue weighted by Crippen LogP contribution is -2.30. The molecule has 1 saturated carbocycles. The number of nitrogens with two attached hydrogens (primary N) is 1. The van der Waals surface area contributed by atoms with E-state index in [0.29, 0.717) is 12.5 Å². The summed E-state index contributed by atoms with van der Waals surface area (Å²) in [6.07, 6.45) is 6.24. The molecule has 2 rings (SSSR count). The molecule has 3 N–H and O–H groups in total. The van der Waals surface area contributed by atoms with Crippen LogP contribution in [0.1, 0.15) is 19.3 Å². The smallest absolute Gasteiger partial charge is 0.146 e. The van der Waals surface area contributed by atoms with E-state index in [0.717, 1.165) is 16.8 Å². The van der Waals surface area contributed by atoms with Crippen LogP contribution in [0.15, 0.2) is 17.0 Å². The first-order valence-electron chi connectivity index (χ1n) is 5.23. The fourth-order valence-corrected chi connectivity index (χ4v) is 2.05. The van der Waals surface area contributed by atoms with E-state index in [4.69, 9.17) is 11.1 Å². The summed E-state index contributed by atoms with van der Waals surface area (Å²) >= 11 is 3.45. The number of nitrogens with zero attached hydrogens (tertiary/aromatic N) is 3. The number of hydrogen-bond donors (Lipinski definition) is 2. The molecule has 0 aliphatic heterocycles. The van der Waals surface area contributed by atoms with Gasteiger partial charge in [-0.1, -0.05) is 0 Å². The predicted molar refractivity (Wildman–Crippen MR) is 66.6 cm³/mol. The normalized spacial score (nSPS) is 14.8.